The van der Waals surface area contributed by atoms with E-state index in [1.807, 2.05) is 0 Å². The van der Waals surface area contributed by atoms with Crippen LogP contribution in [0, 0.1) is 16.7 Å². The van der Waals surface area contributed by atoms with Gasteiger partial charge in [0.2, 0.25) is 0 Å². The molecule has 16 heavy (non-hydrogen) atoms. The monoisotopic (exact) mass is 216 g/mol. The van der Waals surface area contributed by atoms with Crippen LogP contribution in [0.4, 0.5) is 0 Å². The molecule has 2 rings (SSSR count). The molecule has 0 N–H and O–H groups in total. The lowest BCUT2D eigenvalue weighted by molar-refractivity contribution is 0.473. The molecule has 1 atom stereocenters. The molecule has 0 aromatic rings. The van der Waals surface area contributed by atoms with Crippen LogP contribution >= 0.6 is 0 Å². The van der Waals surface area contributed by atoms with Gasteiger partial charge in [-0.2, -0.15) is 0 Å². The van der Waals surface area contributed by atoms with E-state index < -0.39 is 0 Å². The lowest BCUT2D eigenvalue weighted by Gasteiger charge is -2.25. The van der Waals surface area contributed by atoms with Gasteiger partial charge in [-0.25, -0.2) is 0 Å². The lowest BCUT2D eigenvalue weighted by Crippen LogP contribution is -2.14. The van der Waals surface area contributed by atoms with E-state index in [0.717, 1.165) is 6.42 Å². The van der Waals surface area contributed by atoms with E-state index in [1.54, 1.807) is 11.1 Å². The molecule has 0 nitrogen and oxygen atoms in total. The van der Waals surface area contributed by atoms with Crippen molar-refractivity contribution in [3.05, 3.63) is 34.9 Å². The molecule has 0 radical (unpaired) electrons. The van der Waals surface area contributed by atoms with Gasteiger partial charge in [0.15, 0.2) is 0 Å². The normalized spacial score (nSPS) is 25.1. The second kappa shape index (κ2) is 3.35. The van der Waals surface area contributed by atoms with Crippen molar-refractivity contribution in [3.63, 3.8) is 0 Å². The van der Waals surface area contributed by atoms with Crippen LogP contribution in [0.2, 0.25) is 0 Å². The Bertz CT molecular complexity index is 389. The fraction of sp³-hybridized carbons (Fsp3) is 0.625. The van der Waals surface area contributed by atoms with Gasteiger partial charge < -0.3 is 0 Å². The van der Waals surface area contributed by atoms with Crippen molar-refractivity contribution in [3.8, 4) is 0 Å². The van der Waals surface area contributed by atoms with Crippen molar-refractivity contribution >= 4 is 0 Å². The number of rotatable bonds is 0. The number of fused-ring (bicyclic) bond motifs is 1. The van der Waals surface area contributed by atoms with Gasteiger partial charge in [0.25, 0.3) is 0 Å². The van der Waals surface area contributed by atoms with E-state index >= 15 is 0 Å². The summed E-state index contributed by atoms with van der Waals surface area (Å²) >= 11 is 0. The zero-order chi connectivity index (χ0) is 12.1. The Balaban J connectivity index is 2.31. The van der Waals surface area contributed by atoms with Crippen LogP contribution in [0.3, 0.4) is 0 Å². The van der Waals surface area contributed by atoms with Gasteiger partial charge in [0.05, 0.1) is 0 Å². The van der Waals surface area contributed by atoms with Crippen LogP contribution in [0.1, 0.15) is 48.0 Å². The van der Waals surface area contributed by atoms with E-state index in [1.165, 1.54) is 5.57 Å². The number of allylic oxidation sites excluding steroid dienone is 6. The van der Waals surface area contributed by atoms with Crippen molar-refractivity contribution in [1.29, 1.82) is 0 Å². The molecule has 0 saturated heterocycles. The van der Waals surface area contributed by atoms with Crippen molar-refractivity contribution in [2.24, 2.45) is 16.7 Å². The Morgan fingerprint density at radius 3 is 2.12 bits per heavy atom. The summed E-state index contributed by atoms with van der Waals surface area (Å²) in [6.07, 6.45) is 8.51. The molecule has 0 bridgehead atoms. The zero-order valence-corrected chi connectivity index (χ0v) is 11.5. The maximum atomic E-state index is 2.49. The molecule has 0 heteroatoms. The van der Waals surface area contributed by atoms with E-state index in [9.17, 15) is 0 Å². The highest BCUT2D eigenvalue weighted by Gasteiger charge is 2.34. The molecular weight excluding hydrogens is 192 g/mol. The third-order valence-electron chi connectivity index (χ3n) is 3.71. The molecule has 88 valence electrons. The van der Waals surface area contributed by atoms with Gasteiger partial charge in [-0.3, -0.25) is 0 Å². The van der Waals surface area contributed by atoms with Crippen LogP contribution in [0.15, 0.2) is 34.9 Å². The summed E-state index contributed by atoms with van der Waals surface area (Å²) in [4.78, 5) is 0. The average Bonchev–Trinajstić information content (AvgIpc) is 2.53. The molecule has 0 heterocycles. The SMILES string of the molecule is CC(C)(C)C1=CC2C(=C1)CC=C2C(C)(C)C. The highest BCUT2D eigenvalue weighted by atomic mass is 14.4. The Hall–Kier alpha value is -0.780. The zero-order valence-electron chi connectivity index (χ0n) is 11.5. The van der Waals surface area contributed by atoms with Crippen LogP contribution in [-0.4, -0.2) is 0 Å². The topological polar surface area (TPSA) is 0 Å². The summed E-state index contributed by atoms with van der Waals surface area (Å²) < 4.78 is 0. The summed E-state index contributed by atoms with van der Waals surface area (Å²) in [7, 11) is 0. The standard InChI is InChI=1S/C16H24/c1-15(2,3)12-9-11-7-8-14(13(11)10-12)16(4,5)6/h8-10,13H,7H2,1-6H3. The molecule has 0 amide bonds. The summed E-state index contributed by atoms with van der Waals surface area (Å²) in [5.74, 6) is 0.606. The minimum atomic E-state index is 0.292. The van der Waals surface area contributed by atoms with Gasteiger partial charge in [0, 0.05) is 5.92 Å². The Kier molecular flexibility index (Phi) is 2.45. The third-order valence-corrected chi connectivity index (χ3v) is 3.71. The third kappa shape index (κ3) is 1.90. The summed E-state index contributed by atoms with van der Waals surface area (Å²) in [5.41, 5.74) is 5.33. The first-order valence-corrected chi connectivity index (χ1v) is 6.33. The fourth-order valence-electron chi connectivity index (χ4n) is 2.69. The quantitative estimate of drug-likeness (QED) is 0.506. The molecular formula is C16H24. The van der Waals surface area contributed by atoms with E-state index in [2.05, 4.69) is 59.8 Å². The Morgan fingerprint density at radius 2 is 1.62 bits per heavy atom. The van der Waals surface area contributed by atoms with Gasteiger partial charge >= 0.3 is 0 Å². The molecule has 2 aliphatic carbocycles. The molecule has 2 aliphatic rings. The van der Waals surface area contributed by atoms with Gasteiger partial charge in [-0.15, -0.1) is 0 Å². The van der Waals surface area contributed by atoms with Crippen LogP contribution in [0.5, 0.6) is 0 Å². The van der Waals surface area contributed by atoms with Crippen molar-refractivity contribution in [2.75, 3.05) is 0 Å². The van der Waals surface area contributed by atoms with Crippen molar-refractivity contribution in [1.82, 2.24) is 0 Å². The lowest BCUT2D eigenvalue weighted by atomic mass is 9.79. The first kappa shape index (κ1) is 11.7. The molecule has 0 aromatic carbocycles. The maximum Gasteiger partial charge on any atom is 0.0204 e. The van der Waals surface area contributed by atoms with Gasteiger partial charge in [-0.05, 0) is 22.8 Å². The molecule has 0 aliphatic heterocycles. The summed E-state index contributed by atoms with van der Waals surface area (Å²) in [6.45, 7) is 13.9. The van der Waals surface area contributed by atoms with Gasteiger partial charge in [0.1, 0.15) is 0 Å². The summed E-state index contributed by atoms with van der Waals surface area (Å²) in [5, 5.41) is 0. The molecule has 0 spiro atoms. The predicted octanol–water partition coefficient (Wildman–Crippen LogP) is 4.89. The Morgan fingerprint density at radius 1 is 1.00 bits per heavy atom. The summed E-state index contributed by atoms with van der Waals surface area (Å²) in [6, 6.07) is 0. The largest absolute Gasteiger partial charge is 0.0798 e. The van der Waals surface area contributed by atoms with Crippen molar-refractivity contribution < 1.29 is 0 Å². The number of hydrogen-bond donors (Lipinski definition) is 0. The van der Waals surface area contributed by atoms with Crippen molar-refractivity contribution in [2.45, 2.75) is 48.0 Å². The number of hydrogen-bond acceptors (Lipinski definition) is 0. The highest BCUT2D eigenvalue weighted by molar-refractivity contribution is 5.49. The first-order valence-electron chi connectivity index (χ1n) is 6.33. The smallest absolute Gasteiger partial charge is 0.0204 e. The van der Waals surface area contributed by atoms with E-state index in [0.29, 0.717) is 16.7 Å². The van der Waals surface area contributed by atoms with Crippen LogP contribution < -0.4 is 0 Å². The minimum Gasteiger partial charge on any atom is -0.0798 e. The first-order chi connectivity index (χ1) is 7.19. The minimum absolute atomic E-state index is 0.292. The van der Waals surface area contributed by atoms with E-state index in [-0.39, 0.29) is 0 Å². The molecule has 1 unspecified atom stereocenters. The molecule has 0 saturated carbocycles. The van der Waals surface area contributed by atoms with Crippen LogP contribution in [0.25, 0.3) is 0 Å². The molecule has 0 fully saturated rings. The fourth-order valence-corrected chi connectivity index (χ4v) is 2.69. The van der Waals surface area contributed by atoms with Crippen LogP contribution in [-0.2, 0) is 0 Å². The highest BCUT2D eigenvalue weighted by Crippen LogP contribution is 2.48. The predicted molar refractivity (Wildman–Crippen MR) is 71.3 cm³/mol. The second-order valence-corrected chi connectivity index (χ2v) is 7.18. The average molecular weight is 216 g/mol. The van der Waals surface area contributed by atoms with E-state index in [4.69, 9.17) is 0 Å². The Labute approximate surface area is 100 Å². The second-order valence-electron chi connectivity index (χ2n) is 7.18. The molecule has 0 aromatic heterocycles. The van der Waals surface area contributed by atoms with Gasteiger partial charge in [-0.1, -0.05) is 70.9 Å². The maximum absolute atomic E-state index is 2.49.